The minimum absolute atomic E-state index is 0.499. The van der Waals surface area contributed by atoms with E-state index in [1.54, 1.807) is 6.07 Å². The Kier molecular flexibility index (Phi) is 4.75. The van der Waals surface area contributed by atoms with Gasteiger partial charge in [0.15, 0.2) is 12.6 Å². The summed E-state index contributed by atoms with van der Waals surface area (Å²) in [5.41, 5.74) is 2.05. The van der Waals surface area contributed by atoms with Gasteiger partial charge in [0, 0.05) is 11.1 Å². The first kappa shape index (κ1) is 11.6. The molecule has 0 N–H and O–H groups in total. The molecule has 0 fully saturated rings. The van der Waals surface area contributed by atoms with Gasteiger partial charge in [0.25, 0.3) is 0 Å². The van der Waals surface area contributed by atoms with E-state index in [4.69, 9.17) is 0 Å². The third kappa shape index (κ3) is 3.01. The van der Waals surface area contributed by atoms with E-state index in [9.17, 15) is 9.59 Å². The Labute approximate surface area is 90.3 Å². The Balaban J connectivity index is 2.86. The van der Waals surface area contributed by atoms with Crippen LogP contribution >= 0.6 is 0 Å². The van der Waals surface area contributed by atoms with Crippen molar-refractivity contribution in [2.75, 3.05) is 0 Å². The number of aldehydes is 2. The zero-order valence-electron chi connectivity index (χ0n) is 9.03. The summed E-state index contributed by atoms with van der Waals surface area (Å²) in [4.78, 5) is 21.6. The first-order chi connectivity index (χ1) is 7.33. The third-order valence-electron chi connectivity index (χ3n) is 2.52. The van der Waals surface area contributed by atoms with E-state index in [0.29, 0.717) is 11.1 Å². The van der Waals surface area contributed by atoms with Crippen molar-refractivity contribution >= 4 is 12.6 Å². The highest BCUT2D eigenvalue weighted by Crippen LogP contribution is 2.14. The van der Waals surface area contributed by atoms with Gasteiger partial charge in [-0.05, 0) is 18.4 Å². The molecular weight excluding hydrogens is 188 g/mol. The Morgan fingerprint density at radius 1 is 1.13 bits per heavy atom. The molecule has 1 aromatic rings. The molecule has 0 aliphatic carbocycles. The minimum Gasteiger partial charge on any atom is -0.298 e. The number of hydrogen-bond donors (Lipinski definition) is 0. The third-order valence-corrected chi connectivity index (χ3v) is 2.52. The predicted molar refractivity (Wildman–Crippen MR) is 60.4 cm³/mol. The van der Waals surface area contributed by atoms with E-state index in [0.717, 1.165) is 43.8 Å². The molecule has 0 atom stereocenters. The molecule has 0 unspecified atom stereocenters. The van der Waals surface area contributed by atoms with Crippen LogP contribution in [0, 0.1) is 0 Å². The molecule has 0 heterocycles. The Hall–Kier alpha value is -1.44. The molecule has 2 nitrogen and oxygen atoms in total. The molecule has 0 amide bonds. The van der Waals surface area contributed by atoms with Crippen LogP contribution in [-0.4, -0.2) is 12.6 Å². The van der Waals surface area contributed by atoms with E-state index in [1.165, 1.54) is 0 Å². The van der Waals surface area contributed by atoms with Crippen LogP contribution in [0.5, 0.6) is 0 Å². The van der Waals surface area contributed by atoms with Crippen molar-refractivity contribution in [3.63, 3.8) is 0 Å². The van der Waals surface area contributed by atoms with Crippen LogP contribution in [0.3, 0.4) is 0 Å². The molecule has 0 saturated heterocycles. The number of carbonyl (C=O) groups is 2. The first-order valence-electron chi connectivity index (χ1n) is 5.35. The van der Waals surface area contributed by atoms with Crippen molar-refractivity contribution in [1.82, 2.24) is 0 Å². The predicted octanol–water partition coefficient (Wildman–Crippen LogP) is 3.04. The molecular formula is C13H16O2. The van der Waals surface area contributed by atoms with Crippen LogP contribution < -0.4 is 0 Å². The summed E-state index contributed by atoms with van der Waals surface area (Å²) >= 11 is 0. The number of carbonyl (C=O) groups excluding carboxylic acids is 2. The van der Waals surface area contributed by atoms with Crippen molar-refractivity contribution in [1.29, 1.82) is 0 Å². The lowest BCUT2D eigenvalue weighted by atomic mass is 9.98. The molecule has 15 heavy (non-hydrogen) atoms. The smallest absolute Gasteiger partial charge is 0.151 e. The van der Waals surface area contributed by atoms with Gasteiger partial charge in [-0.25, -0.2) is 0 Å². The van der Waals surface area contributed by atoms with Gasteiger partial charge in [-0.1, -0.05) is 38.0 Å². The second kappa shape index (κ2) is 6.12. The molecule has 2 heteroatoms. The number of aryl methyl sites for hydroxylation is 1. The maximum absolute atomic E-state index is 10.9. The van der Waals surface area contributed by atoms with Crippen molar-refractivity contribution in [2.45, 2.75) is 32.6 Å². The van der Waals surface area contributed by atoms with E-state index in [1.807, 2.05) is 12.1 Å². The maximum atomic E-state index is 10.9. The fourth-order valence-electron chi connectivity index (χ4n) is 1.66. The Morgan fingerprint density at radius 2 is 1.93 bits per heavy atom. The van der Waals surface area contributed by atoms with Gasteiger partial charge in [0.05, 0.1) is 0 Å². The average molecular weight is 204 g/mol. The Bertz CT molecular complexity index is 342. The topological polar surface area (TPSA) is 34.1 Å². The van der Waals surface area contributed by atoms with Crippen molar-refractivity contribution in [3.8, 4) is 0 Å². The second-order valence-electron chi connectivity index (χ2n) is 3.61. The van der Waals surface area contributed by atoms with Gasteiger partial charge >= 0.3 is 0 Å². The zero-order chi connectivity index (χ0) is 11.1. The summed E-state index contributed by atoms with van der Waals surface area (Å²) in [6.07, 6.45) is 5.79. The number of hydrogen-bond acceptors (Lipinski definition) is 2. The van der Waals surface area contributed by atoms with E-state index < -0.39 is 0 Å². The maximum Gasteiger partial charge on any atom is 0.151 e. The highest BCUT2D eigenvalue weighted by molar-refractivity contribution is 5.91. The van der Waals surface area contributed by atoms with Crippen LogP contribution in [0.15, 0.2) is 18.2 Å². The molecule has 0 saturated carbocycles. The second-order valence-corrected chi connectivity index (χ2v) is 3.61. The van der Waals surface area contributed by atoms with Gasteiger partial charge in [-0.2, -0.15) is 0 Å². The number of unbranched alkanes of at least 4 members (excludes halogenated alkanes) is 2. The molecule has 0 radical (unpaired) electrons. The first-order valence-corrected chi connectivity index (χ1v) is 5.35. The molecule has 1 rings (SSSR count). The SMILES string of the molecule is CCCCCc1cccc(C=O)c1C=O. The molecule has 0 aliphatic rings. The summed E-state index contributed by atoms with van der Waals surface area (Å²) in [5.74, 6) is 0. The van der Waals surface area contributed by atoms with Crippen molar-refractivity contribution in [2.24, 2.45) is 0 Å². The highest BCUT2D eigenvalue weighted by atomic mass is 16.1. The van der Waals surface area contributed by atoms with Gasteiger partial charge in [0.1, 0.15) is 0 Å². The van der Waals surface area contributed by atoms with Gasteiger partial charge in [0.2, 0.25) is 0 Å². The largest absolute Gasteiger partial charge is 0.298 e. The van der Waals surface area contributed by atoms with Crippen molar-refractivity contribution in [3.05, 3.63) is 34.9 Å². The molecule has 0 aromatic heterocycles. The Morgan fingerprint density at radius 3 is 2.53 bits per heavy atom. The van der Waals surface area contributed by atoms with Crippen LogP contribution in [0.2, 0.25) is 0 Å². The number of rotatable bonds is 6. The summed E-state index contributed by atoms with van der Waals surface area (Å²) in [7, 11) is 0. The molecule has 0 aliphatic heterocycles. The van der Waals surface area contributed by atoms with E-state index >= 15 is 0 Å². The standard InChI is InChI=1S/C13H16O2/c1-2-3-4-6-11-7-5-8-12(9-14)13(11)10-15/h5,7-10H,2-4,6H2,1H3. The molecule has 0 spiro atoms. The summed E-state index contributed by atoms with van der Waals surface area (Å²) in [5, 5.41) is 0. The van der Waals surface area contributed by atoms with E-state index in [-0.39, 0.29) is 0 Å². The van der Waals surface area contributed by atoms with Gasteiger partial charge < -0.3 is 0 Å². The molecule has 80 valence electrons. The fourth-order valence-corrected chi connectivity index (χ4v) is 1.66. The normalized spacial score (nSPS) is 9.93. The van der Waals surface area contributed by atoms with E-state index in [2.05, 4.69) is 6.92 Å². The summed E-state index contributed by atoms with van der Waals surface area (Å²) in [6.45, 7) is 2.14. The van der Waals surface area contributed by atoms with Crippen LogP contribution in [0.25, 0.3) is 0 Å². The molecule has 0 bridgehead atoms. The zero-order valence-corrected chi connectivity index (χ0v) is 9.03. The lowest BCUT2D eigenvalue weighted by Crippen LogP contribution is -1.98. The monoisotopic (exact) mass is 204 g/mol. The van der Waals surface area contributed by atoms with Crippen LogP contribution in [0.1, 0.15) is 52.5 Å². The fraction of sp³-hybridized carbons (Fsp3) is 0.385. The molecule has 1 aromatic carbocycles. The highest BCUT2D eigenvalue weighted by Gasteiger charge is 2.05. The average Bonchev–Trinajstić information content (AvgIpc) is 2.29. The minimum atomic E-state index is 0.499. The van der Waals surface area contributed by atoms with Crippen molar-refractivity contribution < 1.29 is 9.59 Å². The van der Waals surface area contributed by atoms with Crippen LogP contribution in [0.4, 0.5) is 0 Å². The van der Waals surface area contributed by atoms with Crippen LogP contribution in [-0.2, 0) is 6.42 Å². The number of benzene rings is 1. The van der Waals surface area contributed by atoms with Gasteiger partial charge in [-0.3, -0.25) is 9.59 Å². The summed E-state index contributed by atoms with van der Waals surface area (Å²) < 4.78 is 0. The van der Waals surface area contributed by atoms with Gasteiger partial charge in [-0.15, -0.1) is 0 Å². The summed E-state index contributed by atoms with van der Waals surface area (Å²) in [6, 6.07) is 5.43. The lowest BCUT2D eigenvalue weighted by molar-refractivity contribution is 0.109. The quantitative estimate of drug-likeness (QED) is 0.527. The lowest BCUT2D eigenvalue weighted by Gasteiger charge is -2.05.